The molecule has 0 saturated carbocycles. The maximum Gasteiger partial charge on any atom is -0.000708 e. The monoisotopic (exact) mass is 100 g/mol. The maximum atomic E-state index is 3.32. The van der Waals surface area contributed by atoms with Crippen LogP contribution in [0.15, 0.2) is 0 Å². The van der Waals surface area contributed by atoms with E-state index in [1.165, 1.54) is 35.1 Å². The van der Waals surface area contributed by atoms with Crippen LogP contribution in [0.1, 0.15) is 22.3 Å². The van der Waals surface area contributed by atoms with Crippen molar-refractivity contribution in [3.05, 3.63) is 34.4 Å². The molecule has 0 amide bonds. The molecule has 2 aliphatic rings. The van der Waals surface area contributed by atoms with Crippen molar-refractivity contribution in [1.29, 1.82) is 0 Å². The molecule has 0 aromatic heterocycles. The summed E-state index contributed by atoms with van der Waals surface area (Å²) >= 11 is 0. The topological polar surface area (TPSA) is 0 Å². The van der Waals surface area contributed by atoms with Crippen molar-refractivity contribution in [2.45, 2.75) is 12.8 Å². The van der Waals surface area contributed by atoms with E-state index in [2.05, 4.69) is 12.1 Å². The van der Waals surface area contributed by atoms with Crippen molar-refractivity contribution in [2.24, 2.45) is 0 Å². The minimum Gasteiger partial charge on any atom is -0.0312 e. The van der Waals surface area contributed by atoms with Crippen molar-refractivity contribution in [3.63, 3.8) is 0 Å². The molecule has 0 bridgehead atoms. The van der Waals surface area contributed by atoms with Gasteiger partial charge in [-0.3, -0.25) is 0 Å². The molecule has 1 aromatic rings. The van der Waals surface area contributed by atoms with Gasteiger partial charge in [0, 0.05) is 0 Å². The fourth-order valence-electron chi connectivity index (χ4n) is 1.11. The number of hydrogen-bond acceptors (Lipinski definition) is 0. The first-order valence-corrected chi connectivity index (χ1v) is 2.91. The highest BCUT2D eigenvalue weighted by molar-refractivity contribution is 5.56. The Morgan fingerprint density at radius 1 is 0.750 bits per heavy atom. The second kappa shape index (κ2) is 0.732. The lowest BCUT2D eigenvalue weighted by Crippen LogP contribution is -1.51. The average molecular weight is 100 g/mol. The van der Waals surface area contributed by atoms with Gasteiger partial charge in [0.2, 0.25) is 0 Å². The molecule has 1 aromatic carbocycles. The van der Waals surface area contributed by atoms with Crippen LogP contribution in [0, 0.1) is 12.1 Å². The third kappa shape index (κ3) is 0.252. The second-order valence-electron chi connectivity index (χ2n) is 2.52. The summed E-state index contributed by atoms with van der Waals surface area (Å²) in [7, 11) is 0. The van der Waals surface area contributed by atoms with Gasteiger partial charge in [0.1, 0.15) is 0 Å². The Bertz CT molecular complexity index is 219. The van der Waals surface area contributed by atoms with Gasteiger partial charge in [0.15, 0.2) is 0 Å². The normalized spacial score (nSPS) is 17.0. The molecule has 0 nitrogen and oxygen atoms in total. The van der Waals surface area contributed by atoms with E-state index in [1.807, 2.05) is 0 Å². The summed E-state index contributed by atoms with van der Waals surface area (Å²) in [5.41, 5.74) is 5.67. The fraction of sp³-hybridized carbons (Fsp3) is 0.250. The Labute approximate surface area is 48.1 Å². The molecule has 0 heterocycles. The molecule has 0 fully saturated rings. The Hall–Kier alpha value is -0.780. The van der Waals surface area contributed by atoms with E-state index in [4.69, 9.17) is 0 Å². The van der Waals surface area contributed by atoms with Crippen LogP contribution in [0.2, 0.25) is 0 Å². The molecular weight excluding hydrogens is 96.1 g/mol. The molecule has 0 aliphatic heterocycles. The highest BCUT2D eigenvalue weighted by Crippen LogP contribution is 2.37. The molecule has 0 spiro atoms. The summed E-state index contributed by atoms with van der Waals surface area (Å²) in [4.78, 5) is 0. The summed E-state index contributed by atoms with van der Waals surface area (Å²) < 4.78 is 0. The Balaban J connectivity index is 2.50. The largest absolute Gasteiger partial charge is 0.0312 e. The van der Waals surface area contributed by atoms with Crippen LogP contribution in [0.3, 0.4) is 0 Å². The van der Waals surface area contributed by atoms with Crippen molar-refractivity contribution in [3.8, 4) is 0 Å². The predicted molar refractivity (Wildman–Crippen MR) is 29.7 cm³/mol. The van der Waals surface area contributed by atoms with Gasteiger partial charge in [-0.15, -0.1) is 0 Å². The van der Waals surface area contributed by atoms with Gasteiger partial charge in [-0.25, -0.2) is 0 Å². The molecule has 36 valence electrons. The minimum atomic E-state index is 1.17. The average Bonchev–Trinajstić information content (AvgIpc) is 2.45. The number of hydrogen-bond donors (Lipinski definition) is 0. The molecule has 3 rings (SSSR count). The summed E-state index contributed by atoms with van der Waals surface area (Å²) in [6.45, 7) is 0. The number of benzene rings is 1. The Kier molecular flexibility index (Phi) is 0.301. The van der Waals surface area contributed by atoms with Crippen molar-refractivity contribution >= 4 is 0 Å². The molecule has 0 heteroatoms. The van der Waals surface area contributed by atoms with Crippen molar-refractivity contribution in [1.82, 2.24) is 0 Å². The zero-order chi connectivity index (χ0) is 5.14. The van der Waals surface area contributed by atoms with Crippen LogP contribution in [0.5, 0.6) is 0 Å². The van der Waals surface area contributed by atoms with E-state index < -0.39 is 0 Å². The van der Waals surface area contributed by atoms with Gasteiger partial charge in [-0.1, -0.05) is 0 Å². The minimum absolute atomic E-state index is 1.17. The molecular formula is C8H4. The summed E-state index contributed by atoms with van der Waals surface area (Å²) in [6, 6.07) is 6.65. The molecule has 2 radical (unpaired) electrons. The lowest BCUT2D eigenvalue weighted by atomic mass is 10.4. The highest BCUT2D eigenvalue weighted by Gasteiger charge is 2.26. The van der Waals surface area contributed by atoms with Crippen molar-refractivity contribution in [2.75, 3.05) is 0 Å². The van der Waals surface area contributed by atoms with E-state index in [0.717, 1.165) is 0 Å². The highest BCUT2D eigenvalue weighted by atomic mass is 14.3. The smallest absolute Gasteiger partial charge is 0.000708 e. The van der Waals surface area contributed by atoms with Gasteiger partial charge in [-0.05, 0) is 47.2 Å². The van der Waals surface area contributed by atoms with Gasteiger partial charge in [0.05, 0.1) is 0 Å². The zero-order valence-corrected chi connectivity index (χ0v) is 4.41. The van der Waals surface area contributed by atoms with E-state index in [1.54, 1.807) is 0 Å². The Morgan fingerprint density at radius 2 is 1.12 bits per heavy atom. The maximum absolute atomic E-state index is 3.32. The first kappa shape index (κ1) is 3.29. The van der Waals surface area contributed by atoms with E-state index >= 15 is 0 Å². The van der Waals surface area contributed by atoms with Crippen LogP contribution in [0.4, 0.5) is 0 Å². The molecule has 2 aliphatic carbocycles. The summed E-state index contributed by atoms with van der Waals surface area (Å²) in [5.74, 6) is 0. The standard InChI is InChI=1S/C8H4/c1-5-3-7-2-8(7)4-6(1)5/h1-2H2. The first-order chi connectivity index (χ1) is 3.93. The number of fused-ring (bicyclic) bond motifs is 2. The molecule has 0 saturated heterocycles. The van der Waals surface area contributed by atoms with Gasteiger partial charge >= 0.3 is 0 Å². The van der Waals surface area contributed by atoms with Gasteiger partial charge in [0.25, 0.3) is 0 Å². The van der Waals surface area contributed by atoms with E-state index in [9.17, 15) is 0 Å². The molecule has 0 atom stereocenters. The van der Waals surface area contributed by atoms with Gasteiger partial charge < -0.3 is 0 Å². The second-order valence-corrected chi connectivity index (χ2v) is 2.52. The van der Waals surface area contributed by atoms with E-state index in [-0.39, 0.29) is 0 Å². The quantitative estimate of drug-likeness (QED) is 0.396. The predicted octanol–water partition coefficient (Wildman–Crippen LogP) is 1.10. The number of rotatable bonds is 0. The summed E-state index contributed by atoms with van der Waals surface area (Å²) in [5, 5.41) is 0. The fourth-order valence-corrected chi connectivity index (χ4v) is 1.11. The third-order valence-corrected chi connectivity index (χ3v) is 1.79. The first-order valence-electron chi connectivity index (χ1n) is 2.91. The molecule has 0 N–H and O–H groups in total. The lowest BCUT2D eigenvalue weighted by Gasteiger charge is -1.66. The van der Waals surface area contributed by atoms with Crippen LogP contribution in [0.25, 0.3) is 0 Å². The molecule has 0 unspecified atom stereocenters. The van der Waals surface area contributed by atoms with Gasteiger partial charge in [-0.2, -0.15) is 0 Å². The third-order valence-electron chi connectivity index (χ3n) is 1.79. The van der Waals surface area contributed by atoms with Crippen LogP contribution in [-0.4, -0.2) is 0 Å². The zero-order valence-electron chi connectivity index (χ0n) is 4.41. The van der Waals surface area contributed by atoms with Crippen LogP contribution < -0.4 is 0 Å². The lowest BCUT2D eigenvalue weighted by molar-refractivity contribution is 1.51. The van der Waals surface area contributed by atoms with E-state index in [0.29, 0.717) is 0 Å². The van der Waals surface area contributed by atoms with Crippen molar-refractivity contribution < 1.29 is 0 Å². The Morgan fingerprint density at radius 3 is 1.50 bits per heavy atom. The van der Waals surface area contributed by atoms with Crippen LogP contribution >= 0.6 is 0 Å². The molecule has 8 heavy (non-hydrogen) atoms. The SMILES string of the molecule is [c]1c2c([c]c3c1C3)C2. The van der Waals surface area contributed by atoms with Crippen LogP contribution in [-0.2, 0) is 12.8 Å². The summed E-state index contributed by atoms with van der Waals surface area (Å²) in [6.07, 6.45) is 2.35.